The molecule has 3 heterocycles. The fraction of sp³-hybridized carbons (Fsp3) is 0.100. The Kier molecular flexibility index (Phi) is 6.90. The Labute approximate surface area is 162 Å². The number of nitrogens with zero attached hydrogens (tertiary/aromatic N) is 4. The van der Waals surface area contributed by atoms with Crippen LogP contribution in [0.4, 0.5) is 0 Å². The smallest absolute Gasteiger partial charge is 0.0483 e. The molecule has 0 spiro atoms. The van der Waals surface area contributed by atoms with Crippen molar-refractivity contribution in [1.29, 1.82) is 0 Å². The van der Waals surface area contributed by atoms with E-state index in [1.54, 1.807) is 6.20 Å². The number of benzene rings is 1. The molecule has 0 saturated heterocycles. The predicted molar refractivity (Wildman–Crippen MR) is 94.3 cm³/mol. The average molecular weight is 508 g/mol. The van der Waals surface area contributed by atoms with E-state index in [0.29, 0.717) is 0 Å². The summed E-state index contributed by atoms with van der Waals surface area (Å²) in [5.74, 6) is 0. The summed E-state index contributed by atoms with van der Waals surface area (Å²) in [7, 11) is 0. The van der Waals surface area contributed by atoms with E-state index < -0.39 is 0 Å². The van der Waals surface area contributed by atoms with Crippen LogP contribution in [0.15, 0.2) is 67.0 Å². The minimum atomic E-state index is 0. The molecule has 0 radical (unpaired) electrons. The monoisotopic (exact) mass is 508 g/mol. The number of rotatable bonds is 2. The van der Waals surface area contributed by atoms with E-state index in [0.717, 1.165) is 28.3 Å². The van der Waals surface area contributed by atoms with Crippen LogP contribution in [0.3, 0.4) is 0 Å². The first-order valence-electron chi connectivity index (χ1n) is 7.67. The number of hydrogen-bond acceptors (Lipinski definition) is 2. The van der Waals surface area contributed by atoms with Crippen LogP contribution in [0, 0.1) is 19.9 Å². The van der Waals surface area contributed by atoms with Crippen molar-refractivity contribution in [2.24, 2.45) is 0 Å². The zero-order chi connectivity index (χ0) is 16.8. The Morgan fingerprint density at radius 3 is 2.36 bits per heavy atom. The van der Waals surface area contributed by atoms with Gasteiger partial charge in [0.2, 0.25) is 0 Å². The van der Waals surface area contributed by atoms with Gasteiger partial charge >= 0.3 is 0 Å². The largest absolute Gasteiger partial charge is 0.662 e. The fourth-order valence-corrected chi connectivity index (χ4v) is 2.19. The zero-order valence-corrected chi connectivity index (χ0v) is 16.2. The van der Waals surface area contributed by atoms with Crippen molar-refractivity contribution in [3.05, 3.63) is 84.3 Å². The van der Waals surface area contributed by atoms with Crippen molar-refractivity contribution >= 4 is 0 Å². The van der Waals surface area contributed by atoms with Crippen molar-refractivity contribution in [2.45, 2.75) is 13.8 Å². The Morgan fingerprint density at radius 2 is 1.80 bits per heavy atom. The van der Waals surface area contributed by atoms with Gasteiger partial charge in [-0.2, -0.15) is 11.8 Å². The molecule has 4 nitrogen and oxygen atoms in total. The molecule has 0 aliphatic heterocycles. The van der Waals surface area contributed by atoms with Crippen molar-refractivity contribution in [3.8, 4) is 22.6 Å². The van der Waals surface area contributed by atoms with Gasteiger partial charge in [-0.05, 0) is 26.0 Å². The summed E-state index contributed by atoms with van der Waals surface area (Å²) in [6, 6.07) is 20.7. The third-order valence-electron chi connectivity index (χ3n) is 3.35. The Bertz CT molecular complexity index is 806. The number of aryl methyl sites for hydroxylation is 2. The molecule has 130 valence electrons. The van der Waals surface area contributed by atoms with Crippen LogP contribution in [0.1, 0.15) is 11.3 Å². The summed E-state index contributed by atoms with van der Waals surface area (Å²) >= 11 is 0. The van der Waals surface area contributed by atoms with Crippen LogP contribution in [0.2, 0.25) is 0 Å². The van der Waals surface area contributed by atoms with Crippen LogP contribution in [0.5, 0.6) is 0 Å². The average Bonchev–Trinajstić information content (AvgIpc) is 3.26. The molecular weight excluding hydrogens is 491 g/mol. The van der Waals surface area contributed by atoms with Gasteiger partial charge < -0.3 is 15.2 Å². The molecule has 4 rings (SSSR count). The fourth-order valence-electron chi connectivity index (χ4n) is 2.19. The maximum absolute atomic E-state index is 4.22. The zero-order valence-electron chi connectivity index (χ0n) is 14.0. The van der Waals surface area contributed by atoms with Gasteiger partial charge in [0.05, 0.1) is 0 Å². The molecule has 0 unspecified atom stereocenters. The van der Waals surface area contributed by atoms with Crippen molar-refractivity contribution < 1.29 is 21.1 Å². The quantitative estimate of drug-likeness (QED) is 0.387. The maximum Gasteiger partial charge on any atom is 0.0483 e. The van der Waals surface area contributed by atoms with Crippen LogP contribution in [-0.4, -0.2) is 10.1 Å². The van der Waals surface area contributed by atoms with Crippen molar-refractivity contribution in [3.63, 3.8) is 0 Å². The maximum atomic E-state index is 4.22. The number of aromatic nitrogens is 4. The summed E-state index contributed by atoms with van der Waals surface area (Å²) in [5.41, 5.74) is 5.91. The molecule has 0 atom stereocenters. The van der Waals surface area contributed by atoms with Crippen LogP contribution >= 0.6 is 0 Å². The SMILES string of the molecule is Cc1c[n-]c(-c2ccccn2)c1.Cc1cc(-c2[c-]cccc2)[n-]n1.[Pt]. The van der Waals surface area contributed by atoms with Crippen LogP contribution < -0.4 is 10.1 Å². The topological polar surface area (TPSA) is 54.0 Å². The summed E-state index contributed by atoms with van der Waals surface area (Å²) in [5, 5.41) is 7.93. The summed E-state index contributed by atoms with van der Waals surface area (Å²) in [4.78, 5) is 8.42. The summed E-state index contributed by atoms with van der Waals surface area (Å²) in [6.45, 7) is 3.96. The Balaban J connectivity index is 0.000000173. The minimum Gasteiger partial charge on any atom is -0.662 e. The molecule has 5 heteroatoms. The van der Waals surface area contributed by atoms with Gasteiger partial charge in [0.1, 0.15) is 0 Å². The van der Waals surface area contributed by atoms with E-state index >= 15 is 0 Å². The molecule has 0 N–H and O–H groups in total. The van der Waals surface area contributed by atoms with Gasteiger partial charge in [-0.3, -0.25) is 4.98 Å². The normalized spacial score (nSPS) is 9.68. The van der Waals surface area contributed by atoms with E-state index in [9.17, 15) is 0 Å². The van der Waals surface area contributed by atoms with Crippen molar-refractivity contribution in [1.82, 2.24) is 20.2 Å². The first kappa shape index (κ1) is 18.9. The molecule has 0 fully saturated rings. The van der Waals surface area contributed by atoms with Gasteiger partial charge in [-0.25, -0.2) is 5.69 Å². The van der Waals surface area contributed by atoms with Gasteiger partial charge in [0.25, 0.3) is 0 Å². The third kappa shape index (κ3) is 5.26. The molecule has 3 aromatic heterocycles. The second-order valence-corrected chi connectivity index (χ2v) is 5.39. The molecule has 4 aromatic rings. The Hall–Kier alpha value is -2.45. The van der Waals surface area contributed by atoms with Crippen molar-refractivity contribution in [2.75, 3.05) is 0 Å². The molecule has 1 aromatic carbocycles. The van der Waals surface area contributed by atoms with Gasteiger partial charge in [-0.1, -0.05) is 23.8 Å². The molecule has 0 aliphatic rings. The second kappa shape index (κ2) is 9.14. The summed E-state index contributed by atoms with van der Waals surface area (Å²) in [6.07, 6.45) is 3.63. The Morgan fingerprint density at radius 1 is 0.960 bits per heavy atom. The van der Waals surface area contributed by atoms with Gasteiger partial charge in [-0.15, -0.1) is 36.0 Å². The van der Waals surface area contributed by atoms with E-state index in [1.807, 2.05) is 74.6 Å². The predicted octanol–water partition coefficient (Wildman–Crippen LogP) is 3.83. The molecule has 0 bridgehead atoms. The molecule has 25 heavy (non-hydrogen) atoms. The van der Waals surface area contributed by atoms with Gasteiger partial charge in [0, 0.05) is 38.6 Å². The second-order valence-electron chi connectivity index (χ2n) is 5.39. The molecular formula is C20H17N4Pt-3. The first-order valence-corrected chi connectivity index (χ1v) is 7.67. The molecule has 0 aliphatic carbocycles. The molecule has 0 saturated carbocycles. The van der Waals surface area contributed by atoms with Crippen LogP contribution in [-0.2, 0) is 21.1 Å². The number of pyridine rings is 1. The van der Waals surface area contributed by atoms with Crippen LogP contribution in [0.25, 0.3) is 22.6 Å². The minimum absolute atomic E-state index is 0. The molecule has 0 amide bonds. The standard InChI is InChI=1S/C10H9N2.C10H8N2.Pt/c1-8-6-10(12-7-8)9-4-2-3-5-11-9;1-8-7-10(12-11-8)9-5-3-2-4-6-9;/h2-7H,1H3;2-5,7H,1H3;/q-1;-2;. The van der Waals surface area contributed by atoms with E-state index in [2.05, 4.69) is 26.2 Å². The third-order valence-corrected chi connectivity index (χ3v) is 3.35. The number of hydrogen-bond donors (Lipinski definition) is 0. The summed E-state index contributed by atoms with van der Waals surface area (Å²) < 4.78 is 0. The van der Waals surface area contributed by atoms with E-state index in [1.165, 1.54) is 5.56 Å². The van der Waals surface area contributed by atoms with E-state index in [-0.39, 0.29) is 21.1 Å². The van der Waals surface area contributed by atoms with E-state index in [4.69, 9.17) is 0 Å². The first-order chi connectivity index (χ1) is 11.7. The van der Waals surface area contributed by atoms with Gasteiger partial charge in [0.15, 0.2) is 0 Å².